The fourth-order valence-corrected chi connectivity index (χ4v) is 2.32. The van der Waals surface area contributed by atoms with Crippen LogP contribution < -0.4 is 14.2 Å². The molecule has 0 heterocycles. The number of hydrogen-bond acceptors (Lipinski definition) is 7. The quantitative estimate of drug-likeness (QED) is 0.240. The molecule has 0 aliphatic heterocycles. The van der Waals surface area contributed by atoms with Gasteiger partial charge in [0.15, 0.2) is 11.5 Å². The third kappa shape index (κ3) is 7.48. The summed E-state index contributed by atoms with van der Waals surface area (Å²) in [5.74, 6) is 1.02. The van der Waals surface area contributed by atoms with Crippen molar-refractivity contribution < 1.29 is 33.2 Å². The summed E-state index contributed by atoms with van der Waals surface area (Å²) in [6, 6.07) is 1.86. The van der Waals surface area contributed by atoms with Crippen LogP contribution in [0.25, 0.3) is 6.08 Å². The molecule has 0 spiro atoms. The van der Waals surface area contributed by atoms with E-state index in [-0.39, 0.29) is 0 Å². The van der Waals surface area contributed by atoms with Crippen LogP contribution in [0.15, 0.2) is 48.6 Å². The second-order valence-corrected chi connectivity index (χ2v) is 5.56. The first-order valence-electron chi connectivity index (χ1n) is 8.76. The van der Waals surface area contributed by atoms with Crippen molar-refractivity contribution in [2.45, 2.75) is 13.4 Å². The van der Waals surface area contributed by atoms with Gasteiger partial charge in [-0.15, -0.1) is 0 Å². The number of hydrogen-bond donors (Lipinski definition) is 0. The number of benzene rings is 1. The van der Waals surface area contributed by atoms with E-state index in [0.29, 0.717) is 17.2 Å². The van der Waals surface area contributed by atoms with Crippen LogP contribution in [0.4, 0.5) is 0 Å². The van der Waals surface area contributed by atoms with E-state index >= 15 is 0 Å². The Morgan fingerprint density at radius 1 is 0.862 bits per heavy atom. The molecule has 0 N–H and O–H groups in total. The van der Waals surface area contributed by atoms with Gasteiger partial charge in [0.05, 0.1) is 21.3 Å². The van der Waals surface area contributed by atoms with E-state index in [9.17, 15) is 4.79 Å². The minimum atomic E-state index is -0.900. The Hall–Kier alpha value is -3.03. The molecule has 0 amide bonds. The molecule has 0 bridgehead atoms. The van der Waals surface area contributed by atoms with Gasteiger partial charge in [0.2, 0.25) is 5.75 Å². The van der Waals surface area contributed by atoms with Gasteiger partial charge < -0.3 is 28.4 Å². The van der Waals surface area contributed by atoms with Gasteiger partial charge in [0.1, 0.15) is 0 Å². The topological polar surface area (TPSA) is 72.5 Å². The van der Waals surface area contributed by atoms with Crippen LogP contribution in [-0.2, 0) is 19.0 Å². The van der Waals surface area contributed by atoms with E-state index < -0.39 is 12.4 Å². The lowest BCUT2D eigenvalue weighted by Crippen LogP contribution is -2.21. The molecule has 7 heteroatoms. The molecule has 1 aromatic rings. The van der Waals surface area contributed by atoms with Crippen molar-refractivity contribution in [3.63, 3.8) is 0 Å². The van der Waals surface area contributed by atoms with Crippen molar-refractivity contribution in [1.82, 2.24) is 0 Å². The van der Waals surface area contributed by atoms with Crippen LogP contribution >= 0.6 is 0 Å². The van der Waals surface area contributed by atoms with E-state index in [1.54, 1.807) is 25.3 Å². The third-order valence-electron chi connectivity index (χ3n) is 3.72. The molecule has 29 heavy (non-hydrogen) atoms. The maximum absolute atomic E-state index is 11.0. The van der Waals surface area contributed by atoms with Crippen LogP contribution in [0.1, 0.15) is 11.1 Å². The molecule has 1 rings (SSSR count). The van der Waals surface area contributed by atoms with E-state index in [1.807, 2.05) is 37.3 Å². The summed E-state index contributed by atoms with van der Waals surface area (Å²) in [6.45, 7) is 1.03. The molecule has 0 fully saturated rings. The summed E-state index contributed by atoms with van der Waals surface area (Å²) in [5, 5.41) is 0. The van der Waals surface area contributed by atoms with Crippen LogP contribution in [0.2, 0.25) is 0 Å². The van der Waals surface area contributed by atoms with E-state index in [4.69, 9.17) is 23.7 Å². The minimum Gasteiger partial charge on any atom is -0.493 e. The molecular formula is C22H28O7. The minimum absolute atomic E-state index is 0.402. The second-order valence-electron chi connectivity index (χ2n) is 5.56. The maximum atomic E-state index is 11.0. The van der Waals surface area contributed by atoms with Crippen LogP contribution in [-0.4, -0.2) is 48.0 Å². The number of methoxy groups -OCH3 is 5. The average molecular weight is 404 g/mol. The third-order valence-corrected chi connectivity index (χ3v) is 3.72. The molecule has 158 valence electrons. The van der Waals surface area contributed by atoms with Crippen LogP contribution in [0.5, 0.6) is 17.2 Å². The van der Waals surface area contributed by atoms with Gasteiger partial charge in [0, 0.05) is 25.9 Å². The Morgan fingerprint density at radius 3 is 2.03 bits per heavy atom. The summed E-state index contributed by atoms with van der Waals surface area (Å²) in [6.07, 6.45) is 13.8. The molecule has 1 aromatic carbocycles. The van der Waals surface area contributed by atoms with Gasteiger partial charge in [-0.2, -0.15) is 0 Å². The highest BCUT2D eigenvalue weighted by Gasteiger charge is 2.21. The Morgan fingerprint density at radius 2 is 1.48 bits per heavy atom. The predicted molar refractivity (Wildman–Crippen MR) is 111 cm³/mol. The number of rotatable bonds is 11. The van der Waals surface area contributed by atoms with Gasteiger partial charge in [-0.1, -0.05) is 42.5 Å². The normalized spacial score (nSPS) is 12.0. The zero-order chi connectivity index (χ0) is 21.6. The fourth-order valence-electron chi connectivity index (χ4n) is 2.32. The van der Waals surface area contributed by atoms with Crippen molar-refractivity contribution in [2.75, 3.05) is 35.5 Å². The van der Waals surface area contributed by atoms with Crippen molar-refractivity contribution in [1.29, 1.82) is 0 Å². The van der Waals surface area contributed by atoms with Gasteiger partial charge in [-0.3, -0.25) is 0 Å². The SMILES string of the molecule is COC(=O)/C=C/C=C/C=C/C=C/c1c(C)cc(OC)c(OC)c1OC(OC)OC. The van der Waals surface area contributed by atoms with Crippen molar-refractivity contribution in [3.8, 4) is 17.2 Å². The molecule has 0 unspecified atom stereocenters. The Bertz CT molecular complexity index is 772. The monoisotopic (exact) mass is 404 g/mol. The first kappa shape index (κ1) is 24.0. The number of carbonyl (C=O) groups is 1. The smallest absolute Gasteiger partial charge is 0.330 e. The van der Waals surface area contributed by atoms with E-state index in [0.717, 1.165) is 11.1 Å². The van der Waals surface area contributed by atoms with E-state index in [2.05, 4.69) is 4.74 Å². The van der Waals surface area contributed by atoms with Crippen molar-refractivity contribution in [2.24, 2.45) is 0 Å². The average Bonchev–Trinajstić information content (AvgIpc) is 2.74. The summed E-state index contributed by atoms with van der Waals surface area (Å²) < 4.78 is 31.5. The zero-order valence-corrected chi connectivity index (χ0v) is 17.6. The zero-order valence-electron chi connectivity index (χ0n) is 17.6. The largest absolute Gasteiger partial charge is 0.493 e. The molecular weight excluding hydrogens is 376 g/mol. The number of allylic oxidation sites excluding steroid dienone is 6. The number of esters is 1. The van der Waals surface area contributed by atoms with Gasteiger partial charge in [-0.25, -0.2) is 4.79 Å². The molecule has 0 radical (unpaired) electrons. The van der Waals surface area contributed by atoms with Gasteiger partial charge >= 0.3 is 12.4 Å². The Labute approximate surface area is 171 Å². The van der Waals surface area contributed by atoms with Crippen LogP contribution in [0, 0.1) is 6.92 Å². The summed E-state index contributed by atoms with van der Waals surface area (Å²) in [7, 11) is 7.38. The molecule has 0 atom stereocenters. The summed E-state index contributed by atoms with van der Waals surface area (Å²) >= 11 is 0. The molecule has 0 aromatic heterocycles. The van der Waals surface area contributed by atoms with Crippen molar-refractivity contribution >= 4 is 12.0 Å². The lowest BCUT2D eigenvalue weighted by Gasteiger charge is -2.21. The predicted octanol–water partition coefficient (Wildman–Crippen LogP) is 3.82. The van der Waals surface area contributed by atoms with Crippen LogP contribution in [0.3, 0.4) is 0 Å². The lowest BCUT2D eigenvalue weighted by atomic mass is 10.1. The molecule has 0 saturated heterocycles. The summed E-state index contributed by atoms with van der Waals surface area (Å²) in [5.41, 5.74) is 1.71. The first-order chi connectivity index (χ1) is 14.0. The molecule has 7 nitrogen and oxygen atoms in total. The van der Waals surface area contributed by atoms with Gasteiger partial charge in [-0.05, 0) is 18.6 Å². The molecule has 0 saturated carbocycles. The fraction of sp³-hybridized carbons (Fsp3) is 0.318. The Balaban J connectivity index is 3.11. The maximum Gasteiger partial charge on any atom is 0.330 e. The van der Waals surface area contributed by atoms with Gasteiger partial charge in [0.25, 0.3) is 0 Å². The summed E-state index contributed by atoms with van der Waals surface area (Å²) in [4.78, 5) is 11.0. The standard InChI is InChI=1S/C22H28O7/c1-16-15-18(24-2)21(26-4)20(29-22(27-5)28-6)17(16)13-11-9-7-8-10-12-14-19(23)25-3/h7-15,22H,1-6H3/b9-7+,10-8+,13-11+,14-12+. The highest BCUT2D eigenvalue weighted by molar-refractivity contribution is 5.82. The van der Waals surface area contributed by atoms with Crippen molar-refractivity contribution in [3.05, 3.63) is 59.7 Å². The lowest BCUT2D eigenvalue weighted by molar-refractivity contribution is -0.219. The molecule has 0 aliphatic carbocycles. The first-order valence-corrected chi connectivity index (χ1v) is 8.76. The molecule has 0 aliphatic rings. The highest BCUT2D eigenvalue weighted by atomic mass is 16.8. The second kappa shape index (κ2) is 13.2. The van der Waals surface area contributed by atoms with E-state index in [1.165, 1.54) is 34.5 Å². The highest BCUT2D eigenvalue weighted by Crippen LogP contribution is 2.43. The number of carbonyl (C=O) groups excluding carboxylic acids is 1. The number of aryl methyl sites for hydroxylation is 1. The Kier molecular flexibility index (Phi) is 10.9. The number of ether oxygens (including phenoxy) is 6.